The minimum absolute atomic E-state index is 0.00496. The van der Waals surface area contributed by atoms with Crippen LogP contribution in [-0.2, 0) is 6.54 Å². The number of nitrogens with zero attached hydrogens (tertiary/aromatic N) is 3. The van der Waals surface area contributed by atoms with Gasteiger partial charge in [0.1, 0.15) is 0 Å². The van der Waals surface area contributed by atoms with Crippen LogP contribution in [0.4, 0.5) is 0 Å². The van der Waals surface area contributed by atoms with Crippen molar-refractivity contribution >= 4 is 5.91 Å². The van der Waals surface area contributed by atoms with Gasteiger partial charge in [0.05, 0.1) is 24.2 Å². The minimum Gasteiger partial charge on any atom is -0.366 e. The Bertz CT molecular complexity index is 889. The summed E-state index contributed by atoms with van der Waals surface area (Å²) in [6, 6.07) is 12.8. The Morgan fingerprint density at radius 2 is 2.04 bits per heavy atom. The summed E-state index contributed by atoms with van der Waals surface area (Å²) in [7, 11) is 0. The molecule has 2 aromatic rings. The summed E-state index contributed by atoms with van der Waals surface area (Å²) in [6.07, 6.45) is 2.19. The molecule has 1 aliphatic rings. The summed E-state index contributed by atoms with van der Waals surface area (Å²) in [5, 5.41) is 18.3. The number of primary amides is 1. The van der Waals surface area contributed by atoms with Gasteiger partial charge in [0.2, 0.25) is 5.91 Å². The molecule has 0 spiro atoms. The first kappa shape index (κ1) is 14.6. The van der Waals surface area contributed by atoms with Crippen molar-refractivity contribution in [3.63, 3.8) is 0 Å². The minimum atomic E-state index is -0.571. The number of nitriles is 2. The van der Waals surface area contributed by atoms with Crippen LogP contribution in [-0.4, -0.2) is 10.8 Å². The van der Waals surface area contributed by atoms with E-state index < -0.39 is 5.91 Å². The molecule has 0 radical (unpaired) electrons. The summed E-state index contributed by atoms with van der Waals surface area (Å²) in [5.74, 6) is -0.571. The fourth-order valence-corrected chi connectivity index (χ4v) is 3.07. The van der Waals surface area contributed by atoms with Gasteiger partial charge in [-0.05, 0) is 41.3 Å². The van der Waals surface area contributed by atoms with Crippen molar-refractivity contribution in [1.82, 2.24) is 4.90 Å². The monoisotopic (exact) mass is 302 g/mol. The average molecular weight is 302 g/mol. The smallest absolute Gasteiger partial charge is 0.249 e. The highest BCUT2D eigenvalue weighted by molar-refractivity contribution is 6.00. The normalized spacial score (nSPS) is 15.6. The molecule has 1 heterocycles. The van der Waals surface area contributed by atoms with Crippen molar-refractivity contribution < 1.29 is 4.79 Å². The topological polar surface area (TPSA) is 93.9 Å². The first-order valence-electron chi connectivity index (χ1n) is 7.19. The molecule has 112 valence electrons. The molecule has 1 atom stereocenters. The van der Waals surface area contributed by atoms with Crippen LogP contribution in [0.25, 0.3) is 11.1 Å². The first-order valence-corrected chi connectivity index (χ1v) is 7.19. The number of nitrogens with two attached hydrogens (primary N) is 1. The SMILES string of the molecule is CC1c2cccc(-c3ccc(C#N)cc3C(N)=O)c2CN1C#N. The van der Waals surface area contributed by atoms with E-state index in [-0.39, 0.29) is 6.04 Å². The number of rotatable bonds is 2. The zero-order valence-corrected chi connectivity index (χ0v) is 12.6. The average Bonchev–Trinajstić information content (AvgIpc) is 2.90. The lowest BCUT2D eigenvalue weighted by molar-refractivity contribution is 0.100. The van der Waals surface area contributed by atoms with Gasteiger partial charge in [0, 0.05) is 5.56 Å². The molecule has 0 saturated carbocycles. The maximum absolute atomic E-state index is 11.8. The molecule has 0 fully saturated rings. The van der Waals surface area contributed by atoms with Crippen molar-refractivity contribution in [1.29, 1.82) is 10.5 Å². The summed E-state index contributed by atoms with van der Waals surface area (Å²) in [5.41, 5.74) is 9.87. The summed E-state index contributed by atoms with van der Waals surface area (Å²) in [4.78, 5) is 13.5. The Kier molecular flexibility index (Phi) is 3.48. The van der Waals surface area contributed by atoms with Gasteiger partial charge >= 0.3 is 0 Å². The standard InChI is InChI=1S/C18H14N4O/c1-11-13-3-2-4-14(17(13)9-22(11)10-20)15-6-5-12(8-19)7-16(15)18(21)23/h2-7,11H,9H2,1H3,(H2,21,23). The number of carbonyl (C=O) groups is 1. The summed E-state index contributed by atoms with van der Waals surface area (Å²) in [6.45, 7) is 2.48. The Morgan fingerprint density at radius 1 is 1.26 bits per heavy atom. The largest absolute Gasteiger partial charge is 0.366 e. The fraction of sp³-hybridized carbons (Fsp3) is 0.167. The lowest BCUT2D eigenvalue weighted by Gasteiger charge is -2.12. The highest BCUT2D eigenvalue weighted by Crippen LogP contribution is 2.39. The molecule has 1 unspecified atom stereocenters. The summed E-state index contributed by atoms with van der Waals surface area (Å²) < 4.78 is 0. The third-order valence-electron chi connectivity index (χ3n) is 4.29. The second-order valence-electron chi connectivity index (χ2n) is 5.51. The van der Waals surface area contributed by atoms with E-state index in [4.69, 9.17) is 11.0 Å². The molecule has 0 saturated heterocycles. The Balaban J connectivity index is 2.22. The van der Waals surface area contributed by atoms with Crippen molar-refractivity contribution in [2.45, 2.75) is 19.5 Å². The maximum atomic E-state index is 11.8. The van der Waals surface area contributed by atoms with Gasteiger partial charge in [0.15, 0.2) is 6.19 Å². The highest BCUT2D eigenvalue weighted by Gasteiger charge is 2.28. The van der Waals surface area contributed by atoms with Crippen molar-refractivity contribution in [2.75, 3.05) is 0 Å². The van der Waals surface area contributed by atoms with Gasteiger partial charge in [-0.2, -0.15) is 10.5 Å². The number of amides is 1. The van der Waals surface area contributed by atoms with Crippen molar-refractivity contribution in [2.24, 2.45) is 5.73 Å². The maximum Gasteiger partial charge on any atom is 0.249 e. The van der Waals surface area contributed by atoms with Crippen molar-refractivity contribution in [3.8, 4) is 23.4 Å². The molecular weight excluding hydrogens is 288 g/mol. The molecule has 0 aliphatic carbocycles. The second-order valence-corrected chi connectivity index (χ2v) is 5.51. The zero-order chi connectivity index (χ0) is 16.6. The van der Waals surface area contributed by atoms with E-state index in [2.05, 4.69) is 6.19 Å². The van der Waals surface area contributed by atoms with E-state index in [9.17, 15) is 10.1 Å². The van der Waals surface area contributed by atoms with Crippen LogP contribution in [0, 0.1) is 22.8 Å². The molecule has 1 aliphatic heterocycles. The fourth-order valence-electron chi connectivity index (χ4n) is 3.07. The third-order valence-corrected chi connectivity index (χ3v) is 4.29. The van der Waals surface area contributed by atoms with E-state index in [1.807, 2.05) is 31.2 Å². The first-order chi connectivity index (χ1) is 11.1. The number of hydrogen-bond acceptors (Lipinski definition) is 4. The van der Waals surface area contributed by atoms with Crippen LogP contribution >= 0.6 is 0 Å². The van der Waals surface area contributed by atoms with Gasteiger partial charge in [-0.1, -0.05) is 24.3 Å². The quantitative estimate of drug-likeness (QED) is 0.863. The van der Waals surface area contributed by atoms with Crippen LogP contribution in [0.5, 0.6) is 0 Å². The number of carbonyl (C=O) groups excluding carboxylic acids is 1. The Hall–Kier alpha value is -3.31. The molecule has 2 N–H and O–H groups in total. The van der Waals surface area contributed by atoms with E-state index >= 15 is 0 Å². The molecular formula is C18H14N4O. The van der Waals surface area contributed by atoms with Crippen LogP contribution in [0.2, 0.25) is 0 Å². The van der Waals surface area contributed by atoms with Gasteiger partial charge in [-0.3, -0.25) is 9.69 Å². The molecule has 0 bridgehead atoms. The van der Waals surface area contributed by atoms with Gasteiger partial charge < -0.3 is 5.73 Å². The zero-order valence-electron chi connectivity index (χ0n) is 12.6. The van der Waals surface area contributed by atoms with E-state index in [0.29, 0.717) is 23.2 Å². The van der Waals surface area contributed by atoms with Gasteiger partial charge in [-0.25, -0.2) is 0 Å². The van der Waals surface area contributed by atoms with Gasteiger partial charge in [-0.15, -0.1) is 0 Å². The number of hydrogen-bond donors (Lipinski definition) is 1. The lowest BCUT2D eigenvalue weighted by atomic mass is 9.91. The molecule has 23 heavy (non-hydrogen) atoms. The molecule has 1 amide bonds. The number of fused-ring (bicyclic) bond motifs is 1. The molecule has 5 heteroatoms. The van der Waals surface area contributed by atoms with Crippen LogP contribution < -0.4 is 5.73 Å². The van der Waals surface area contributed by atoms with E-state index in [1.54, 1.807) is 17.0 Å². The van der Waals surface area contributed by atoms with E-state index in [1.165, 1.54) is 6.07 Å². The molecule has 5 nitrogen and oxygen atoms in total. The molecule has 3 rings (SSSR count). The second kappa shape index (κ2) is 5.47. The van der Waals surface area contributed by atoms with Crippen molar-refractivity contribution in [3.05, 3.63) is 58.7 Å². The van der Waals surface area contributed by atoms with Crippen LogP contribution in [0.15, 0.2) is 36.4 Å². The molecule has 0 aromatic heterocycles. The highest BCUT2D eigenvalue weighted by atomic mass is 16.1. The Labute approximate surface area is 134 Å². The number of benzene rings is 2. The molecule has 2 aromatic carbocycles. The predicted octanol–water partition coefficient (Wildman–Crippen LogP) is 2.68. The third kappa shape index (κ3) is 2.29. The van der Waals surface area contributed by atoms with Crippen LogP contribution in [0.1, 0.15) is 40.0 Å². The van der Waals surface area contributed by atoms with E-state index in [0.717, 1.165) is 16.7 Å². The summed E-state index contributed by atoms with van der Waals surface area (Å²) >= 11 is 0. The lowest BCUT2D eigenvalue weighted by Crippen LogP contribution is -2.13. The van der Waals surface area contributed by atoms with Crippen LogP contribution in [0.3, 0.4) is 0 Å². The predicted molar refractivity (Wildman–Crippen MR) is 84.7 cm³/mol. The van der Waals surface area contributed by atoms with Gasteiger partial charge in [0.25, 0.3) is 0 Å². The Morgan fingerprint density at radius 3 is 2.70 bits per heavy atom.